The van der Waals surface area contributed by atoms with Crippen molar-refractivity contribution in [2.75, 3.05) is 0 Å². The Labute approximate surface area is 319 Å². The molecule has 11 rings (SSSR count). The quantitative estimate of drug-likeness (QED) is 0.179. The fourth-order valence-corrected chi connectivity index (χ4v) is 8.70. The van der Waals surface area contributed by atoms with Crippen molar-refractivity contribution in [2.24, 2.45) is 0 Å². The van der Waals surface area contributed by atoms with Crippen molar-refractivity contribution in [3.63, 3.8) is 0 Å². The van der Waals surface area contributed by atoms with Crippen LogP contribution >= 0.6 is 0 Å². The molecule has 2 heterocycles. The summed E-state index contributed by atoms with van der Waals surface area (Å²) in [5, 5.41) is 0. The maximum absolute atomic E-state index is 5.47. The highest BCUT2D eigenvalue weighted by Crippen LogP contribution is 2.62. The third-order valence-corrected chi connectivity index (χ3v) is 11.2. The number of benzene rings is 7. The van der Waals surface area contributed by atoms with Crippen molar-refractivity contribution < 1.29 is 0 Å². The van der Waals surface area contributed by atoms with Gasteiger partial charge in [-0.15, -0.1) is 0 Å². The molecule has 1 spiro atoms. The molecule has 0 bridgehead atoms. The summed E-state index contributed by atoms with van der Waals surface area (Å²) in [7, 11) is 0. The van der Waals surface area contributed by atoms with Crippen LogP contribution in [-0.4, -0.2) is 19.9 Å². The second-order valence-corrected chi connectivity index (χ2v) is 14.2. The van der Waals surface area contributed by atoms with Crippen LogP contribution in [0.4, 0.5) is 0 Å². The van der Waals surface area contributed by atoms with Crippen LogP contribution in [0.25, 0.3) is 78.7 Å². The molecule has 0 saturated carbocycles. The smallest absolute Gasteiger partial charge is 0.160 e. The number of aromatic nitrogens is 4. The highest BCUT2D eigenvalue weighted by atomic mass is 14.9. The minimum Gasteiger partial charge on any atom is -0.236 e. The summed E-state index contributed by atoms with van der Waals surface area (Å²) in [6.45, 7) is 0. The van der Waals surface area contributed by atoms with Crippen LogP contribution in [0, 0.1) is 0 Å². The maximum atomic E-state index is 5.47. The molecule has 0 aliphatic heterocycles. The van der Waals surface area contributed by atoms with Gasteiger partial charge >= 0.3 is 0 Å². The molecular formula is C51H32N4. The lowest BCUT2D eigenvalue weighted by molar-refractivity contribution is 0.757. The molecule has 0 N–H and O–H groups in total. The summed E-state index contributed by atoms with van der Waals surface area (Å²) < 4.78 is 0. The average Bonchev–Trinajstić information content (AvgIpc) is 3.74. The van der Waals surface area contributed by atoms with E-state index in [1.54, 1.807) is 0 Å². The van der Waals surface area contributed by atoms with E-state index in [-0.39, 0.29) is 0 Å². The van der Waals surface area contributed by atoms with Crippen LogP contribution in [-0.2, 0) is 5.41 Å². The van der Waals surface area contributed by atoms with Crippen molar-refractivity contribution >= 4 is 0 Å². The van der Waals surface area contributed by atoms with E-state index < -0.39 is 5.41 Å². The molecule has 0 unspecified atom stereocenters. The van der Waals surface area contributed by atoms with Gasteiger partial charge in [0.15, 0.2) is 11.6 Å². The predicted octanol–water partition coefficient (Wildman–Crippen LogP) is 11.9. The van der Waals surface area contributed by atoms with E-state index in [1.807, 2.05) is 42.6 Å². The highest BCUT2D eigenvalue weighted by molar-refractivity contribution is 5.94. The predicted molar refractivity (Wildman–Crippen MR) is 221 cm³/mol. The molecule has 2 aliphatic rings. The van der Waals surface area contributed by atoms with Gasteiger partial charge in [-0.1, -0.05) is 176 Å². The fraction of sp³-hybridized carbons (Fsp3) is 0.0196. The van der Waals surface area contributed by atoms with E-state index >= 15 is 0 Å². The zero-order valence-electron chi connectivity index (χ0n) is 29.8. The van der Waals surface area contributed by atoms with Gasteiger partial charge in [0.2, 0.25) is 0 Å². The first-order valence-electron chi connectivity index (χ1n) is 18.6. The molecule has 0 fully saturated rings. The molecule has 7 aromatic carbocycles. The van der Waals surface area contributed by atoms with Crippen LogP contribution in [0.5, 0.6) is 0 Å². The molecule has 4 nitrogen and oxygen atoms in total. The molecule has 256 valence electrons. The van der Waals surface area contributed by atoms with Crippen LogP contribution < -0.4 is 0 Å². The molecule has 2 aliphatic carbocycles. The lowest BCUT2D eigenvalue weighted by atomic mass is 9.72. The monoisotopic (exact) mass is 700 g/mol. The minimum atomic E-state index is -0.503. The van der Waals surface area contributed by atoms with Crippen LogP contribution in [0.3, 0.4) is 0 Å². The Hall–Kier alpha value is -7.30. The van der Waals surface area contributed by atoms with E-state index in [2.05, 4.69) is 152 Å². The summed E-state index contributed by atoms with van der Waals surface area (Å²) in [5.41, 5.74) is 17.2. The Morgan fingerprint density at radius 1 is 0.309 bits per heavy atom. The van der Waals surface area contributed by atoms with Gasteiger partial charge in [-0.05, 0) is 56.6 Å². The molecule has 2 aromatic heterocycles. The van der Waals surface area contributed by atoms with Crippen LogP contribution in [0.2, 0.25) is 0 Å². The van der Waals surface area contributed by atoms with Crippen LogP contribution in [0.15, 0.2) is 194 Å². The largest absolute Gasteiger partial charge is 0.236 e. The van der Waals surface area contributed by atoms with E-state index in [0.29, 0.717) is 11.6 Å². The SMILES string of the molecule is c1ccc(-c2cc(-c3ccccc3)nc(-c3cccc(-c4ccc(-c5ncc6c(n5)C5(c7ccccc7-c7ccccc75)c5ccccc5-6)cc4)c3)n2)cc1. The highest BCUT2D eigenvalue weighted by Gasteiger charge is 2.53. The molecule has 4 heteroatoms. The van der Waals surface area contributed by atoms with Crippen molar-refractivity contribution in [3.8, 4) is 78.7 Å². The first-order chi connectivity index (χ1) is 27.3. The normalized spacial score (nSPS) is 12.9. The zero-order chi connectivity index (χ0) is 36.3. The molecular weight excluding hydrogens is 669 g/mol. The Morgan fingerprint density at radius 3 is 1.36 bits per heavy atom. The lowest BCUT2D eigenvalue weighted by Gasteiger charge is -2.29. The second kappa shape index (κ2) is 12.4. The standard InChI is InChI=1S/C51H32N4/c1-3-14-34(15-4-1)46-31-47(35-16-5-2-6-17-35)54-50(53-46)38-19-13-18-37(30-38)33-26-28-36(29-27-33)49-52-32-42-41-22-9-12-25-45(41)51(48(42)55-49)43-23-10-7-20-39(43)40-21-8-11-24-44(40)51/h1-32H. The molecule has 0 amide bonds. The summed E-state index contributed by atoms with van der Waals surface area (Å²) in [6.07, 6.45) is 2.03. The van der Waals surface area contributed by atoms with Crippen molar-refractivity contribution in [1.82, 2.24) is 19.9 Å². The van der Waals surface area contributed by atoms with Gasteiger partial charge in [-0.25, -0.2) is 19.9 Å². The van der Waals surface area contributed by atoms with E-state index in [4.69, 9.17) is 19.9 Å². The number of nitrogens with zero attached hydrogens (tertiary/aromatic N) is 4. The fourth-order valence-electron chi connectivity index (χ4n) is 8.70. The number of hydrogen-bond donors (Lipinski definition) is 0. The van der Waals surface area contributed by atoms with Crippen molar-refractivity contribution in [3.05, 3.63) is 217 Å². The van der Waals surface area contributed by atoms with Gasteiger partial charge in [-0.2, -0.15) is 0 Å². The molecule has 0 radical (unpaired) electrons. The van der Waals surface area contributed by atoms with Crippen molar-refractivity contribution in [1.29, 1.82) is 0 Å². The Kier molecular flexibility index (Phi) is 7.04. The summed E-state index contributed by atoms with van der Waals surface area (Å²) in [5.74, 6) is 1.41. The number of hydrogen-bond acceptors (Lipinski definition) is 4. The number of fused-ring (bicyclic) bond motifs is 10. The maximum Gasteiger partial charge on any atom is 0.160 e. The van der Waals surface area contributed by atoms with Gasteiger partial charge < -0.3 is 0 Å². The summed E-state index contributed by atoms with van der Waals surface area (Å²) in [4.78, 5) is 20.6. The molecule has 55 heavy (non-hydrogen) atoms. The van der Waals surface area contributed by atoms with Gasteiger partial charge in [-0.3, -0.25) is 0 Å². The third-order valence-electron chi connectivity index (χ3n) is 11.2. The van der Waals surface area contributed by atoms with Crippen molar-refractivity contribution in [2.45, 2.75) is 5.41 Å². The first kappa shape index (κ1) is 31.2. The Balaban J connectivity index is 0.982. The van der Waals surface area contributed by atoms with E-state index in [1.165, 1.54) is 33.4 Å². The van der Waals surface area contributed by atoms with Gasteiger partial charge in [0.05, 0.1) is 22.5 Å². The molecule has 0 saturated heterocycles. The minimum absolute atomic E-state index is 0.503. The lowest BCUT2D eigenvalue weighted by Crippen LogP contribution is -2.27. The third kappa shape index (κ3) is 4.85. The van der Waals surface area contributed by atoms with E-state index in [0.717, 1.165) is 56.0 Å². The Bertz CT molecular complexity index is 2800. The van der Waals surface area contributed by atoms with Gasteiger partial charge in [0.1, 0.15) is 0 Å². The average molecular weight is 701 g/mol. The topological polar surface area (TPSA) is 51.6 Å². The first-order valence-corrected chi connectivity index (χ1v) is 18.6. The summed E-state index contributed by atoms with van der Waals surface area (Å²) in [6, 6.07) is 66.1. The van der Waals surface area contributed by atoms with Gasteiger partial charge in [0.25, 0.3) is 0 Å². The molecule has 9 aromatic rings. The zero-order valence-corrected chi connectivity index (χ0v) is 29.8. The van der Waals surface area contributed by atoms with Crippen LogP contribution in [0.1, 0.15) is 22.4 Å². The summed E-state index contributed by atoms with van der Waals surface area (Å²) >= 11 is 0. The molecule has 0 atom stereocenters. The van der Waals surface area contributed by atoms with Gasteiger partial charge in [0, 0.05) is 34.0 Å². The van der Waals surface area contributed by atoms with E-state index in [9.17, 15) is 0 Å². The number of rotatable bonds is 5. The second-order valence-electron chi connectivity index (χ2n) is 14.2. The Morgan fingerprint density at radius 2 is 0.782 bits per heavy atom.